The summed E-state index contributed by atoms with van der Waals surface area (Å²) in [5.74, 6) is 0.561. The summed E-state index contributed by atoms with van der Waals surface area (Å²) in [6.45, 7) is 0. The first-order valence-corrected chi connectivity index (χ1v) is 17.3. The van der Waals surface area contributed by atoms with Crippen LogP contribution in [-0.2, 0) is 15.4 Å². The second-order valence-corrected chi connectivity index (χ2v) is 15.1. The quantitative estimate of drug-likeness (QED) is 0.192. The summed E-state index contributed by atoms with van der Waals surface area (Å²) in [5, 5.41) is 10.7. The molecule has 8 nitrogen and oxygen atoms in total. The number of aromatic carboxylic acids is 1. The molecule has 0 spiro atoms. The van der Waals surface area contributed by atoms with E-state index in [9.17, 15) is 17.6 Å². The summed E-state index contributed by atoms with van der Waals surface area (Å²) in [4.78, 5) is 15.6. The third kappa shape index (κ3) is 5.35. The summed E-state index contributed by atoms with van der Waals surface area (Å²) >= 11 is 1.14. The molecule has 4 aliphatic carbocycles. The number of nitrogens with zero attached hydrogens (tertiary/aromatic N) is 1. The molecule has 4 saturated carbocycles. The summed E-state index contributed by atoms with van der Waals surface area (Å²) in [6.07, 6.45) is 8.21. The number of benzene rings is 3. The van der Waals surface area contributed by atoms with Crippen molar-refractivity contribution >= 4 is 33.0 Å². The summed E-state index contributed by atoms with van der Waals surface area (Å²) in [5.41, 5.74) is 3.58. The zero-order chi connectivity index (χ0) is 31.5. The molecule has 45 heavy (non-hydrogen) atoms. The monoisotopic (exact) mass is 648 g/mol. The van der Waals surface area contributed by atoms with Crippen molar-refractivity contribution in [2.45, 2.75) is 49.0 Å². The Morgan fingerprint density at radius 1 is 0.933 bits per heavy atom. The Kier molecular flexibility index (Phi) is 7.36. The maximum Gasteiger partial charge on any atom is 0.338 e. The van der Waals surface area contributed by atoms with E-state index >= 15 is 0 Å². The molecule has 2 N–H and O–H groups in total. The third-order valence-corrected chi connectivity index (χ3v) is 12.1. The number of hydrogen-bond donors (Lipinski definition) is 2. The Morgan fingerprint density at radius 2 is 1.56 bits per heavy atom. The number of methoxy groups -OCH3 is 2. The standard InChI is InChI=1S/C34H33FN2O6S2/c1-42-29-12-23(32-36-31(18-44-32)45(40,41)37-28-14-27(35)26(33(38)39)13-30(28)43-2)5-8-25(29)22-3-6-24(7-4-22)34-15-19-9-20(16-34)11-21(10-19)17-34/h3-8,12-14,18-21,37H,9-11,15-17H2,1-2H3,(H,38,39). The SMILES string of the molecule is COc1cc(C(=O)O)c(F)cc1NS(=O)(=O)c1csc(-c2ccc(-c3ccc(C45CC6CC(CC(C6)C4)C5)cc3)c(OC)c2)n1. The average molecular weight is 649 g/mol. The molecule has 0 unspecified atom stereocenters. The van der Waals surface area contributed by atoms with Gasteiger partial charge in [0, 0.05) is 22.6 Å². The first-order chi connectivity index (χ1) is 21.6. The van der Waals surface area contributed by atoms with Crippen LogP contribution in [0.2, 0.25) is 0 Å². The molecular weight excluding hydrogens is 616 g/mol. The predicted octanol–water partition coefficient (Wildman–Crippen LogP) is 7.60. The van der Waals surface area contributed by atoms with Crippen molar-refractivity contribution < 1.29 is 32.2 Å². The van der Waals surface area contributed by atoms with Gasteiger partial charge in [-0.1, -0.05) is 30.3 Å². The van der Waals surface area contributed by atoms with Crippen molar-refractivity contribution in [2.24, 2.45) is 17.8 Å². The molecule has 4 bridgehead atoms. The molecular formula is C34H33FN2O6S2. The van der Waals surface area contributed by atoms with Crippen LogP contribution in [0.4, 0.5) is 10.1 Å². The number of hydrogen-bond acceptors (Lipinski definition) is 7. The number of anilines is 1. The number of rotatable bonds is 9. The van der Waals surface area contributed by atoms with E-state index in [0.717, 1.165) is 52.4 Å². The van der Waals surface area contributed by atoms with Crippen LogP contribution in [0.25, 0.3) is 21.7 Å². The minimum atomic E-state index is -4.25. The van der Waals surface area contributed by atoms with E-state index in [0.29, 0.717) is 21.7 Å². The first kappa shape index (κ1) is 29.7. The number of sulfonamides is 1. The largest absolute Gasteiger partial charge is 0.496 e. The van der Waals surface area contributed by atoms with Crippen LogP contribution in [0.15, 0.2) is 65.0 Å². The molecule has 11 heteroatoms. The summed E-state index contributed by atoms with van der Waals surface area (Å²) < 4.78 is 53.7. The number of carboxylic acid groups (broad SMARTS) is 1. The van der Waals surface area contributed by atoms with E-state index < -0.39 is 27.4 Å². The smallest absolute Gasteiger partial charge is 0.338 e. The van der Waals surface area contributed by atoms with E-state index in [-0.39, 0.29) is 16.5 Å². The maximum absolute atomic E-state index is 14.3. The Hall–Kier alpha value is -3.96. The number of halogens is 1. The lowest BCUT2D eigenvalue weighted by Gasteiger charge is -2.57. The minimum Gasteiger partial charge on any atom is -0.496 e. The van der Waals surface area contributed by atoms with Crippen LogP contribution in [-0.4, -0.2) is 38.7 Å². The van der Waals surface area contributed by atoms with Crippen LogP contribution in [0.3, 0.4) is 0 Å². The normalized spacial score (nSPS) is 23.6. The second kappa shape index (κ2) is 11.1. The fraction of sp³-hybridized carbons (Fsp3) is 0.353. The lowest BCUT2D eigenvalue weighted by Crippen LogP contribution is -2.48. The van der Waals surface area contributed by atoms with Gasteiger partial charge < -0.3 is 14.6 Å². The van der Waals surface area contributed by atoms with Gasteiger partial charge in [-0.05, 0) is 91.0 Å². The van der Waals surface area contributed by atoms with Gasteiger partial charge in [-0.3, -0.25) is 4.72 Å². The number of ether oxygens (including phenoxy) is 2. The number of nitrogens with one attached hydrogen (secondary N) is 1. The molecule has 234 valence electrons. The van der Waals surface area contributed by atoms with Gasteiger partial charge in [-0.2, -0.15) is 8.42 Å². The molecule has 1 heterocycles. The average Bonchev–Trinajstić information content (AvgIpc) is 3.52. The maximum atomic E-state index is 14.3. The van der Waals surface area contributed by atoms with Gasteiger partial charge >= 0.3 is 5.97 Å². The molecule has 4 fully saturated rings. The number of aromatic nitrogens is 1. The van der Waals surface area contributed by atoms with Crippen molar-refractivity contribution in [3.05, 3.63) is 76.9 Å². The van der Waals surface area contributed by atoms with E-state index in [1.54, 1.807) is 7.11 Å². The van der Waals surface area contributed by atoms with Crippen LogP contribution < -0.4 is 14.2 Å². The lowest BCUT2D eigenvalue weighted by molar-refractivity contribution is -0.00518. The Balaban J connectivity index is 1.12. The van der Waals surface area contributed by atoms with Crippen molar-refractivity contribution in [1.82, 2.24) is 4.98 Å². The van der Waals surface area contributed by atoms with Crippen LogP contribution in [0.5, 0.6) is 11.5 Å². The topological polar surface area (TPSA) is 115 Å². The van der Waals surface area contributed by atoms with E-state index in [2.05, 4.69) is 34.0 Å². The Bertz CT molecular complexity index is 1870. The molecule has 4 aliphatic rings. The summed E-state index contributed by atoms with van der Waals surface area (Å²) in [6, 6.07) is 16.4. The van der Waals surface area contributed by atoms with Gasteiger partial charge in [-0.25, -0.2) is 14.2 Å². The van der Waals surface area contributed by atoms with Crippen LogP contribution in [0.1, 0.15) is 54.4 Å². The third-order valence-electron chi connectivity index (χ3n) is 9.82. The number of thiazole rings is 1. The van der Waals surface area contributed by atoms with E-state index in [1.807, 2.05) is 18.2 Å². The molecule has 0 atom stereocenters. The second-order valence-electron chi connectivity index (χ2n) is 12.6. The zero-order valence-electron chi connectivity index (χ0n) is 24.9. The Morgan fingerprint density at radius 3 is 2.16 bits per heavy atom. The summed E-state index contributed by atoms with van der Waals surface area (Å²) in [7, 11) is -1.41. The molecule has 0 saturated heterocycles. The molecule has 1 aromatic heterocycles. The highest BCUT2D eigenvalue weighted by molar-refractivity contribution is 7.92. The molecule has 0 radical (unpaired) electrons. The van der Waals surface area contributed by atoms with Gasteiger partial charge in [0.25, 0.3) is 10.0 Å². The highest BCUT2D eigenvalue weighted by Crippen LogP contribution is 2.60. The molecule has 3 aromatic carbocycles. The zero-order valence-corrected chi connectivity index (χ0v) is 26.5. The highest BCUT2D eigenvalue weighted by Gasteiger charge is 2.51. The van der Waals surface area contributed by atoms with Gasteiger partial charge in [0.1, 0.15) is 22.3 Å². The molecule has 8 rings (SSSR count). The molecule has 0 amide bonds. The van der Waals surface area contributed by atoms with Crippen molar-refractivity contribution in [1.29, 1.82) is 0 Å². The van der Waals surface area contributed by atoms with Crippen molar-refractivity contribution in [3.8, 4) is 33.2 Å². The minimum absolute atomic E-state index is 0.140. The van der Waals surface area contributed by atoms with E-state index in [1.165, 1.54) is 56.6 Å². The van der Waals surface area contributed by atoms with Crippen LogP contribution >= 0.6 is 11.3 Å². The fourth-order valence-electron chi connectivity index (χ4n) is 8.21. The highest BCUT2D eigenvalue weighted by atomic mass is 32.2. The lowest BCUT2D eigenvalue weighted by atomic mass is 9.48. The van der Waals surface area contributed by atoms with Crippen molar-refractivity contribution in [3.63, 3.8) is 0 Å². The molecule has 4 aromatic rings. The molecule has 0 aliphatic heterocycles. The van der Waals surface area contributed by atoms with Gasteiger partial charge in [-0.15, -0.1) is 11.3 Å². The predicted molar refractivity (Wildman–Crippen MR) is 170 cm³/mol. The fourth-order valence-corrected chi connectivity index (χ4v) is 10.4. The first-order valence-electron chi connectivity index (χ1n) is 15.0. The van der Waals surface area contributed by atoms with Crippen molar-refractivity contribution in [2.75, 3.05) is 18.9 Å². The van der Waals surface area contributed by atoms with Crippen LogP contribution in [0, 0.1) is 23.6 Å². The van der Waals surface area contributed by atoms with Gasteiger partial charge in [0.05, 0.1) is 25.5 Å². The van der Waals surface area contributed by atoms with E-state index in [4.69, 9.17) is 14.6 Å². The Labute approximate surface area is 265 Å². The van der Waals surface area contributed by atoms with Gasteiger partial charge in [0.2, 0.25) is 0 Å². The number of carbonyl (C=O) groups is 1. The van der Waals surface area contributed by atoms with Gasteiger partial charge in [0.15, 0.2) is 5.03 Å². The number of carboxylic acids is 1.